The Hall–Kier alpha value is -2.25. The molecule has 0 spiro atoms. The Kier molecular flexibility index (Phi) is 5.38. The number of rotatable bonds is 4. The van der Waals surface area contributed by atoms with E-state index < -0.39 is 0 Å². The Morgan fingerprint density at radius 2 is 2.04 bits per heavy atom. The SMILES string of the molecule is Cc1cccc2ncc(C(=O)N3C[C@H](CO)C[C@H](CN(C)C)C3)c(=O)n12. The maximum atomic E-state index is 13.0. The van der Waals surface area contributed by atoms with E-state index in [1.165, 1.54) is 10.6 Å². The number of pyridine rings is 1. The predicted molar refractivity (Wildman–Crippen MR) is 99.3 cm³/mol. The molecule has 1 fully saturated rings. The molecule has 1 amide bonds. The Balaban J connectivity index is 1.93. The predicted octanol–water partition coefficient (Wildman–Crippen LogP) is 0.635. The summed E-state index contributed by atoms with van der Waals surface area (Å²) in [4.78, 5) is 34.0. The van der Waals surface area contributed by atoms with Gasteiger partial charge in [-0.05, 0) is 51.4 Å². The highest BCUT2D eigenvalue weighted by Gasteiger charge is 2.31. The van der Waals surface area contributed by atoms with Crippen molar-refractivity contribution in [2.45, 2.75) is 13.3 Å². The van der Waals surface area contributed by atoms with E-state index in [2.05, 4.69) is 9.88 Å². The molecule has 0 bridgehead atoms. The molecule has 7 nitrogen and oxygen atoms in total. The summed E-state index contributed by atoms with van der Waals surface area (Å²) in [7, 11) is 3.99. The van der Waals surface area contributed by atoms with Gasteiger partial charge in [-0.3, -0.25) is 14.0 Å². The maximum Gasteiger partial charge on any atom is 0.270 e. The lowest BCUT2D eigenvalue weighted by molar-refractivity contribution is 0.0475. The number of aryl methyl sites for hydroxylation is 1. The van der Waals surface area contributed by atoms with E-state index in [0.29, 0.717) is 18.7 Å². The van der Waals surface area contributed by atoms with Gasteiger partial charge in [-0.1, -0.05) is 6.07 Å². The number of hydrogen-bond acceptors (Lipinski definition) is 5. The van der Waals surface area contributed by atoms with E-state index >= 15 is 0 Å². The molecule has 0 saturated carbocycles. The quantitative estimate of drug-likeness (QED) is 0.868. The summed E-state index contributed by atoms with van der Waals surface area (Å²) in [5, 5.41) is 9.62. The van der Waals surface area contributed by atoms with Crippen LogP contribution >= 0.6 is 0 Å². The minimum Gasteiger partial charge on any atom is -0.396 e. The molecule has 0 unspecified atom stereocenters. The first-order valence-electron chi connectivity index (χ1n) is 8.93. The van der Waals surface area contributed by atoms with Crippen molar-refractivity contribution in [1.82, 2.24) is 19.2 Å². The normalized spacial score (nSPS) is 20.7. The second-order valence-electron chi connectivity index (χ2n) is 7.46. The molecule has 2 aromatic rings. The molecule has 2 aromatic heterocycles. The molecular weight excluding hydrogens is 332 g/mol. The highest BCUT2D eigenvalue weighted by atomic mass is 16.3. The van der Waals surface area contributed by atoms with Crippen LogP contribution in [0.2, 0.25) is 0 Å². The highest BCUT2D eigenvalue weighted by Crippen LogP contribution is 2.23. The summed E-state index contributed by atoms with van der Waals surface area (Å²) in [6, 6.07) is 5.40. The summed E-state index contributed by atoms with van der Waals surface area (Å²) >= 11 is 0. The molecule has 1 N–H and O–H groups in total. The minimum absolute atomic E-state index is 0.0376. The average molecular weight is 358 g/mol. The van der Waals surface area contributed by atoms with Gasteiger partial charge in [0.05, 0.1) is 0 Å². The van der Waals surface area contributed by atoms with Crippen LogP contribution in [0.4, 0.5) is 0 Å². The van der Waals surface area contributed by atoms with Gasteiger partial charge in [-0.15, -0.1) is 0 Å². The molecule has 7 heteroatoms. The van der Waals surface area contributed by atoms with Gasteiger partial charge in [0.15, 0.2) is 0 Å². The van der Waals surface area contributed by atoms with Crippen LogP contribution < -0.4 is 5.56 Å². The smallest absolute Gasteiger partial charge is 0.270 e. The molecule has 1 saturated heterocycles. The first-order valence-corrected chi connectivity index (χ1v) is 8.93. The van der Waals surface area contributed by atoms with Crippen molar-refractivity contribution < 1.29 is 9.90 Å². The average Bonchev–Trinajstić information content (AvgIpc) is 2.60. The number of aliphatic hydroxyl groups excluding tert-OH is 1. The first-order chi connectivity index (χ1) is 12.4. The van der Waals surface area contributed by atoms with Crippen LogP contribution in [-0.2, 0) is 0 Å². The van der Waals surface area contributed by atoms with Gasteiger partial charge in [0.25, 0.3) is 11.5 Å². The molecule has 1 aliphatic rings. The monoisotopic (exact) mass is 358 g/mol. The number of fused-ring (bicyclic) bond motifs is 1. The lowest BCUT2D eigenvalue weighted by Crippen LogP contribution is -2.48. The molecule has 0 radical (unpaired) electrons. The van der Waals surface area contributed by atoms with Crippen molar-refractivity contribution in [2.75, 3.05) is 40.3 Å². The summed E-state index contributed by atoms with van der Waals surface area (Å²) < 4.78 is 1.47. The first kappa shape index (κ1) is 18.5. The third-order valence-corrected chi connectivity index (χ3v) is 4.95. The summed E-state index contributed by atoms with van der Waals surface area (Å²) in [6.07, 6.45) is 2.26. The van der Waals surface area contributed by atoms with Gasteiger partial charge in [-0.25, -0.2) is 4.98 Å². The molecule has 2 atom stereocenters. The van der Waals surface area contributed by atoms with Crippen LogP contribution in [0.3, 0.4) is 0 Å². The molecule has 26 heavy (non-hydrogen) atoms. The third-order valence-electron chi connectivity index (χ3n) is 4.95. The van der Waals surface area contributed by atoms with Crippen molar-refractivity contribution in [3.05, 3.63) is 46.0 Å². The Labute approximate surface area is 152 Å². The molecule has 0 aliphatic carbocycles. The Bertz CT molecular complexity index is 861. The zero-order valence-electron chi connectivity index (χ0n) is 15.6. The molecular formula is C19H26N4O3. The van der Waals surface area contributed by atoms with Crippen LogP contribution in [0.15, 0.2) is 29.2 Å². The van der Waals surface area contributed by atoms with Crippen molar-refractivity contribution in [2.24, 2.45) is 11.8 Å². The number of carbonyl (C=O) groups excluding carboxylic acids is 1. The van der Waals surface area contributed by atoms with E-state index in [-0.39, 0.29) is 35.5 Å². The standard InChI is InChI=1S/C19H26N4O3/c1-13-5-4-6-17-20-8-16(19(26)23(13)17)18(25)22-10-14(9-21(2)3)7-15(11-22)12-24/h4-6,8,14-15,24H,7,9-12H2,1-3H3/t14-,15-/m1/s1. The lowest BCUT2D eigenvalue weighted by Gasteiger charge is -2.38. The van der Waals surface area contributed by atoms with Crippen LogP contribution in [0.5, 0.6) is 0 Å². The fourth-order valence-electron chi connectivity index (χ4n) is 3.86. The number of likely N-dealkylation sites (tertiary alicyclic amines) is 1. The van der Waals surface area contributed by atoms with E-state index in [1.807, 2.05) is 33.2 Å². The van der Waals surface area contributed by atoms with Crippen molar-refractivity contribution in [3.8, 4) is 0 Å². The van der Waals surface area contributed by atoms with E-state index in [1.54, 1.807) is 11.0 Å². The highest BCUT2D eigenvalue weighted by molar-refractivity contribution is 5.93. The molecule has 1 aliphatic heterocycles. The fraction of sp³-hybridized carbons (Fsp3) is 0.526. The number of amides is 1. The van der Waals surface area contributed by atoms with Crippen molar-refractivity contribution >= 4 is 11.6 Å². The number of aromatic nitrogens is 2. The molecule has 3 heterocycles. The van der Waals surface area contributed by atoms with Crippen LogP contribution in [-0.4, -0.2) is 70.5 Å². The number of nitrogens with zero attached hydrogens (tertiary/aromatic N) is 4. The van der Waals surface area contributed by atoms with Gasteiger partial charge in [0.2, 0.25) is 0 Å². The topological polar surface area (TPSA) is 78.2 Å². The van der Waals surface area contributed by atoms with E-state index in [9.17, 15) is 14.7 Å². The molecule has 3 rings (SSSR count). The van der Waals surface area contributed by atoms with Gasteiger partial charge in [0, 0.05) is 38.1 Å². The molecule has 0 aromatic carbocycles. The van der Waals surface area contributed by atoms with E-state index in [0.717, 1.165) is 18.7 Å². The summed E-state index contributed by atoms with van der Waals surface area (Å²) in [6.45, 7) is 3.76. The summed E-state index contributed by atoms with van der Waals surface area (Å²) in [5.41, 5.74) is 1.02. The number of hydrogen-bond donors (Lipinski definition) is 1. The fourth-order valence-corrected chi connectivity index (χ4v) is 3.86. The zero-order valence-corrected chi connectivity index (χ0v) is 15.6. The van der Waals surface area contributed by atoms with Gasteiger partial charge in [0.1, 0.15) is 11.2 Å². The van der Waals surface area contributed by atoms with Crippen LogP contribution in [0.1, 0.15) is 22.5 Å². The second kappa shape index (κ2) is 7.55. The van der Waals surface area contributed by atoms with E-state index in [4.69, 9.17) is 0 Å². The number of piperidine rings is 1. The van der Waals surface area contributed by atoms with Crippen LogP contribution in [0, 0.1) is 18.8 Å². The Morgan fingerprint density at radius 1 is 1.31 bits per heavy atom. The van der Waals surface area contributed by atoms with Crippen molar-refractivity contribution in [3.63, 3.8) is 0 Å². The number of carbonyl (C=O) groups is 1. The zero-order chi connectivity index (χ0) is 18.8. The van der Waals surface area contributed by atoms with Gasteiger partial charge in [-0.2, -0.15) is 0 Å². The largest absolute Gasteiger partial charge is 0.396 e. The van der Waals surface area contributed by atoms with Gasteiger partial charge >= 0.3 is 0 Å². The second-order valence-corrected chi connectivity index (χ2v) is 7.46. The summed E-state index contributed by atoms with van der Waals surface area (Å²) in [5.74, 6) is 0.00960. The molecule has 140 valence electrons. The number of aliphatic hydroxyl groups is 1. The minimum atomic E-state index is -0.339. The van der Waals surface area contributed by atoms with Gasteiger partial charge < -0.3 is 14.9 Å². The van der Waals surface area contributed by atoms with Crippen LogP contribution in [0.25, 0.3) is 5.65 Å². The van der Waals surface area contributed by atoms with Crippen molar-refractivity contribution in [1.29, 1.82) is 0 Å². The lowest BCUT2D eigenvalue weighted by atomic mass is 9.89. The third kappa shape index (κ3) is 3.64. The maximum absolute atomic E-state index is 13.0. The Morgan fingerprint density at radius 3 is 2.73 bits per heavy atom.